The molecule has 2 aliphatic heterocycles. The van der Waals surface area contributed by atoms with Crippen molar-refractivity contribution in [3.63, 3.8) is 0 Å². The van der Waals surface area contributed by atoms with Crippen LogP contribution in [0, 0.1) is 12.7 Å². The van der Waals surface area contributed by atoms with Crippen LogP contribution in [-0.4, -0.2) is 70.8 Å². The maximum atomic E-state index is 14.2. The predicted octanol–water partition coefficient (Wildman–Crippen LogP) is 2.60. The third-order valence-corrected chi connectivity index (χ3v) is 6.82. The van der Waals surface area contributed by atoms with Gasteiger partial charge in [-0.3, -0.25) is 4.79 Å². The highest BCUT2D eigenvalue weighted by atomic mass is 35.5. The van der Waals surface area contributed by atoms with Crippen LogP contribution in [0.2, 0.25) is 5.02 Å². The summed E-state index contributed by atoms with van der Waals surface area (Å²) in [6, 6.07) is 2.66. The van der Waals surface area contributed by atoms with Crippen LogP contribution in [0.4, 0.5) is 9.18 Å². The summed E-state index contributed by atoms with van der Waals surface area (Å²) in [5, 5.41) is 13.8. The second-order valence-corrected chi connectivity index (χ2v) is 9.28. The number of nitrogens with zero attached hydrogens (tertiary/aromatic N) is 2. The van der Waals surface area contributed by atoms with Crippen LogP contribution in [0.5, 0.6) is 0 Å². The number of nitrogens with one attached hydrogen (secondary N) is 1. The number of carbonyl (C=O) groups excluding carboxylic acids is 2. The molecule has 4 rings (SSSR count). The van der Waals surface area contributed by atoms with Gasteiger partial charge in [0.25, 0.3) is 5.91 Å². The number of aliphatic hydroxyl groups is 1. The van der Waals surface area contributed by atoms with Gasteiger partial charge in [0.05, 0.1) is 19.3 Å². The summed E-state index contributed by atoms with van der Waals surface area (Å²) in [4.78, 5) is 29.4. The van der Waals surface area contributed by atoms with Crippen molar-refractivity contribution in [2.24, 2.45) is 0 Å². The smallest absolute Gasteiger partial charge is 0.318 e. The zero-order valence-corrected chi connectivity index (χ0v) is 18.5. The van der Waals surface area contributed by atoms with E-state index in [1.54, 1.807) is 17.9 Å². The molecule has 2 heterocycles. The quantitative estimate of drug-likeness (QED) is 0.718. The van der Waals surface area contributed by atoms with Gasteiger partial charge >= 0.3 is 6.03 Å². The molecular weight excluding hydrogens is 425 g/mol. The fourth-order valence-corrected chi connectivity index (χ4v) is 4.63. The molecule has 0 aromatic heterocycles. The first-order chi connectivity index (χ1) is 14.8. The lowest BCUT2D eigenvalue weighted by Crippen LogP contribution is -2.58. The Morgan fingerprint density at radius 3 is 2.81 bits per heavy atom. The first-order valence-electron chi connectivity index (χ1n) is 10.9. The largest absolute Gasteiger partial charge is 0.378 e. The summed E-state index contributed by atoms with van der Waals surface area (Å²) >= 11 is 5.95. The summed E-state index contributed by atoms with van der Waals surface area (Å²) < 4.78 is 19.4. The number of amides is 3. The zero-order valence-electron chi connectivity index (χ0n) is 17.7. The Balaban J connectivity index is 1.41. The van der Waals surface area contributed by atoms with Crippen molar-refractivity contribution in [1.29, 1.82) is 0 Å². The molecular formula is C22H29ClFN3O4. The number of carbonyl (C=O) groups is 2. The van der Waals surface area contributed by atoms with E-state index < -0.39 is 11.4 Å². The van der Waals surface area contributed by atoms with Crippen LogP contribution < -0.4 is 5.32 Å². The van der Waals surface area contributed by atoms with E-state index in [1.807, 2.05) is 4.90 Å². The number of hydrogen-bond acceptors (Lipinski definition) is 4. The Kier molecular flexibility index (Phi) is 6.42. The Morgan fingerprint density at radius 1 is 1.35 bits per heavy atom. The second kappa shape index (κ2) is 8.92. The Hall–Kier alpha value is -1.90. The van der Waals surface area contributed by atoms with Crippen molar-refractivity contribution in [3.8, 4) is 0 Å². The first kappa shape index (κ1) is 22.3. The van der Waals surface area contributed by atoms with Gasteiger partial charge in [-0.25, -0.2) is 9.18 Å². The second-order valence-electron chi connectivity index (χ2n) is 8.87. The minimum Gasteiger partial charge on any atom is -0.378 e. The zero-order chi connectivity index (χ0) is 22.2. The molecule has 3 aliphatic rings. The van der Waals surface area contributed by atoms with E-state index >= 15 is 0 Å². The lowest BCUT2D eigenvalue weighted by Gasteiger charge is -2.41. The minimum atomic E-state index is -1.46. The van der Waals surface area contributed by atoms with Gasteiger partial charge in [0, 0.05) is 42.7 Å². The maximum absolute atomic E-state index is 14.2. The molecule has 1 aliphatic carbocycles. The van der Waals surface area contributed by atoms with Crippen molar-refractivity contribution in [2.75, 3.05) is 26.3 Å². The maximum Gasteiger partial charge on any atom is 0.318 e. The molecule has 1 aromatic rings. The number of likely N-dealkylation sites (tertiary alicyclic amines) is 1. The van der Waals surface area contributed by atoms with Gasteiger partial charge in [-0.1, -0.05) is 11.6 Å². The first-order valence-corrected chi connectivity index (χ1v) is 11.3. The van der Waals surface area contributed by atoms with E-state index in [0.717, 1.165) is 31.2 Å². The lowest BCUT2D eigenvalue weighted by molar-refractivity contribution is -0.153. The average molecular weight is 454 g/mol. The molecule has 2 N–H and O–H groups in total. The summed E-state index contributed by atoms with van der Waals surface area (Å²) in [7, 11) is 0. The topological polar surface area (TPSA) is 82.1 Å². The normalized spacial score (nSPS) is 26.1. The summed E-state index contributed by atoms with van der Waals surface area (Å²) in [5.74, 6) is -0.764. The lowest BCUT2D eigenvalue weighted by atomic mass is 9.97. The average Bonchev–Trinajstić information content (AvgIpc) is 3.48. The number of hydrogen-bond donors (Lipinski definition) is 2. The minimum absolute atomic E-state index is 0.0197. The SMILES string of the molecule is Cc1cc(CNC(=O)N(C2CC2)[C@@H]2CCCN(C(=O)C3(O)CCOC3)C2)c(F)cc1Cl. The van der Waals surface area contributed by atoms with Gasteiger partial charge < -0.3 is 25.0 Å². The third kappa shape index (κ3) is 4.81. The highest BCUT2D eigenvalue weighted by Crippen LogP contribution is 2.32. The molecule has 9 heteroatoms. The molecule has 1 unspecified atom stereocenters. The van der Waals surface area contributed by atoms with E-state index in [-0.39, 0.29) is 37.2 Å². The third-order valence-electron chi connectivity index (χ3n) is 6.41. The van der Waals surface area contributed by atoms with Crippen molar-refractivity contribution in [2.45, 2.75) is 63.3 Å². The number of piperidine rings is 1. The van der Waals surface area contributed by atoms with Crippen molar-refractivity contribution < 1.29 is 23.8 Å². The van der Waals surface area contributed by atoms with Crippen molar-refractivity contribution in [3.05, 3.63) is 34.1 Å². The summed E-state index contributed by atoms with van der Waals surface area (Å²) in [5.41, 5.74) is -0.324. The predicted molar refractivity (Wildman–Crippen MR) is 113 cm³/mol. The number of rotatable bonds is 5. The molecule has 2 saturated heterocycles. The van der Waals surface area contributed by atoms with Gasteiger partial charge in [-0.05, 0) is 50.3 Å². The van der Waals surface area contributed by atoms with Gasteiger partial charge in [-0.2, -0.15) is 0 Å². The fraction of sp³-hybridized carbons (Fsp3) is 0.636. The molecule has 3 fully saturated rings. The molecule has 1 saturated carbocycles. The molecule has 0 spiro atoms. The molecule has 0 radical (unpaired) electrons. The fourth-order valence-electron chi connectivity index (χ4n) is 4.48. The van der Waals surface area contributed by atoms with E-state index in [0.29, 0.717) is 36.7 Å². The van der Waals surface area contributed by atoms with Crippen molar-refractivity contribution in [1.82, 2.24) is 15.1 Å². The van der Waals surface area contributed by atoms with E-state index in [4.69, 9.17) is 16.3 Å². The van der Waals surface area contributed by atoms with Gasteiger partial charge in [0.2, 0.25) is 0 Å². The standard InChI is InChI=1S/C22H29ClFN3O4/c1-14-9-15(19(24)10-18(14)23)11-25-21(29)27(16-4-5-16)17-3-2-7-26(12-17)20(28)22(30)6-8-31-13-22/h9-10,16-17,30H,2-8,11-13H2,1H3,(H,25,29)/t17-,22?/m1/s1. The molecule has 0 bridgehead atoms. The van der Waals surface area contributed by atoms with Crippen LogP contribution >= 0.6 is 11.6 Å². The van der Waals surface area contributed by atoms with Crippen LogP contribution in [-0.2, 0) is 16.1 Å². The van der Waals surface area contributed by atoms with Crippen LogP contribution in [0.3, 0.4) is 0 Å². The number of halogens is 2. The Morgan fingerprint density at radius 2 is 2.13 bits per heavy atom. The van der Waals surface area contributed by atoms with Crippen LogP contribution in [0.25, 0.3) is 0 Å². The number of aryl methyl sites for hydroxylation is 1. The Bertz CT molecular complexity index is 857. The van der Waals surface area contributed by atoms with E-state index in [2.05, 4.69) is 5.32 Å². The monoisotopic (exact) mass is 453 g/mol. The number of benzene rings is 1. The highest BCUT2D eigenvalue weighted by Gasteiger charge is 2.45. The van der Waals surface area contributed by atoms with Gasteiger partial charge in [-0.15, -0.1) is 0 Å². The van der Waals surface area contributed by atoms with E-state index in [1.165, 1.54) is 6.07 Å². The van der Waals surface area contributed by atoms with Crippen LogP contribution in [0.1, 0.15) is 43.2 Å². The van der Waals surface area contributed by atoms with Crippen LogP contribution in [0.15, 0.2) is 12.1 Å². The molecule has 170 valence electrons. The molecule has 3 amide bonds. The summed E-state index contributed by atoms with van der Waals surface area (Å²) in [6.07, 6.45) is 3.69. The number of ether oxygens (including phenoxy) is 1. The molecule has 7 nitrogen and oxygen atoms in total. The van der Waals surface area contributed by atoms with Gasteiger partial charge in [0.1, 0.15) is 5.82 Å². The molecule has 1 aromatic carbocycles. The molecule has 2 atom stereocenters. The van der Waals surface area contributed by atoms with Crippen molar-refractivity contribution >= 4 is 23.5 Å². The van der Waals surface area contributed by atoms with Gasteiger partial charge in [0.15, 0.2) is 5.60 Å². The number of urea groups is 1. The highest BCUT2D eigenvalue weighted by molar-refractivity contribution is 6.31. The van der Waals surface area contributed by atoms with E-state index in [9.17, 15) is 19.1 Å². The Labute approximate surface area is 186 Å². The summed E-state index contributed by atoms with van der Waals surface area (Å²) in [6.45, 7) is 3.20. The molecule has 31 heavy (non-hydrogen) atoms.